The predicted octanol–water partition coefficient (Wildman–Crippen LogP) is 2.43. The summed E-state index contributed by atoms with van der Waals surface area (Å²) in [4.78, 5) is 12.1. The Morgan fingerprint density at radius 3 is 2.85 bits per heavy atom. The predicted molar refractivity (Wildman–Crippen MR) is 72.1 cm³/mol. The number of nitrogens with zero attached hydrogens (tertiary/aromatic N) is 3. The largest absolute Gasteiger partial charge is 0.319 e. The van der Waals surface area contributed by atoms with Gasteiger partial charge in [0.2, 0.25) is 0 Å². The molecule has 0 spiro atoms. The zero-order chi connectivity index (χ0) is 14.1. The normalized spacial score (nSPS) is 10.7. The van der Waals surface area contributed by atoms with Crippen molar-refractivity contribution in [3.05, 3.63) is 59.8 Å². The molecule has 6 heteroatoms. The number of aromatic nitrogens is 3. The van der Waals surface area contributed by atoms with E-state index >= 15 is 0 Å². The summed E-state index contributed by atoms with van der Waals surface area (Å²) in [7, 11) is 0. The van der Waals surface area contributed by atoms with E-state index in [0.29, 0.717) is 11.2 Å². The first kappa shape index (κ1) is 12.3. The van der Waals surface area contributed by atoms with Crippen LogP contribution in [0, 0.1) is 12.7 Å². The standard InChI is InChI=1S/C14H11FN4O/c1-9-17-18-13-8-10(6-7-19(9)13)14(20)16-12-5-3-2-4-11(12)15/h2-8H,1H3,(H,16,20). The van der Waals surface area contributed by atoms with E-state index in [4.69, 9.17) is 0 Å². The molecule has 0 saturated heterocycles. The molecule has 0 unspecified atom stereocenters. The number of para-hydroxylation sites is 1. The Morgan fingerprint density at radius 2 is 2.05 bits per heavy atom. The lowest BCUT2D eigenvalue weighted by molar-refractivity contribution is 0.102. The molecular weight excluding hydrogens is 259 g/mol. The van der Waals surface area contributed by atoms with Crippen LogP contribution in [0.3, 0.4) is 0 Å². The van der Waals surface area contributed by atoms with Gasteiger partial charge in [0.1, 0.15) is 11.6 Å². The van der Waals surface area contributed by atoms with Crippen LogP contribution < -0.4 is 5.32 Å². The van der Waals surface area contributed by atoms with Gasteiger partial charge >= 0.3 is 0 Å². The van der Waals surface area contributed by atoms with Gasteiger partial charge in [-0.05, 0) is 31.2 Å². The van der Waals surface area contributed by atoms with E-state index in [9.17, 15) is 9.18 Å². The van der Waals surface area contributed by atoms with Crippen LogP contribution in [0.2, 0.25) is 0 Å². The van der Waals surface area contributed by atoms with E-state index in [2.05, 4.69) is 15.5 Å². The van der Waals surface area contributed by atoms with Crippen LogP contribution in [0.4, 0.5) is 10.1 Å². The Hall–Kier alpha value is -2.76. The molecule has 0 aliphatic rings. The Morgan fingerprint density at radius 1 is 1.25 bits per heavy atom. The van der Waals surface area contributed by atoms with Gasteiger partial charge in [0.15, 0.2) is 5.65 Å². The van der Waals surface area contributed by atoms with Crippen molar-refractivity contribution in [2.75, 3.05) is 5.32 Å². The number of halogens is 1. The number of fused-ring (bicyclic) bond motifs is 1. The maximum atomic E-state index is 13.5. The second kappa shape index (κ2) is 4.73. The Labute approximate surface area is 114 Å². The molecule has 0 bridgehead atoms. The summed E-state index contributed by atoms with van der Waals surface area (Å²) < 4.78 is 15.2. The Bertz CT molecular complexity index is 797. The SMILES string of the molecule is Cc1nnc2cc(C(=O)Nc3ccccc3F)ccn12. The maximum Gasteiger partial charge on any atom is 0.255 e. The fraction of sp³-hybridized carbons (Fsp3) is 0.0714. The molecule has 0 aliphatic heterocycles. The molecule has 3 aromatic rings. The average Bonchev–Trinajstić information content (AvgIpc) is 2.82. The number of benzene rings is 1. The molecule has 100 valence electrons. The van der Waals surface area contributed by atoms with E-state index in [1.807, 2.05) is 6.92 Å². The maximum absolute atomic E-state index is 13.5. The van der Waals surface area contributed by atoms with Crippen LogP contribution in [0.15, 0.2) is 42.6 Å². The lowest BCUT2D eigenvalue weighted by Gasteiger charge is -2.06. The summed E-state index contributed by atoms with van der Waals surface area (Å²) in [5, 5.41) is 10.4. The van der Waals surface area contributed by atoms with Crippen molar-refractivity contribution in [1.82, 2.24) is 14.6 Å². The first-order chi connectivity index (χ1) is 9.65. The van der Waals surface area contributed by atoms with Gasteiger partial charge in [-0.25, -0.2) is 4.39 Å². The number of rotatable bonds is 2. The van der Waals surface area contributed by atoms with Gasteiger partial charge in [-0.1, -0.05) is 12.1 Å². The van der Waals surface area contributed by atoms with Gasteiger partial charge in [0.25, 0.3) is 5.91 Å². The van der Waals surface area contributed by atoms with Crippen molar-refractivity contribution < 1.29 is 9.18 Å². The third-order valence-corrected chi connectivity index (χ3v) is 2.96. The third kappa shape index (κ3) is 2.11. The van der Waals surface area contributed by atoms with E-state index in [1.54, 1.807) is 34.9 Å². The van der Waals surface area contributed by atoms with Gasteiger partial charge in [-0.15, -0.1) is 10.2 Å². The number of nitrogens with one attached hydrogen (secondary N) is 1. The molecule has 5 nitrogen and oxygen atoms in total. The lowest BCUT2D eigenvalue weighted by atomic mass is 10.2. The van der Waals surface area contributed by atoms with Crippen molar-refractivity contribution in [3.63, 3.8) is 0 Å². The Kier molecular flexibility index (Phi) is 2.90. The topological polar surface area (TPSA) is 59.3 Å². The number of carbonyl (C=O) groups is 1. The molecule has 20 heavy (non-hydrogen) atoms. The summed E-state index contributed by atoms with van der Waals surface area (Å²) in [6, 6.07) is 9.27. The number of aryl methyl sites for hydroxylation is 1. The van der Waals surface area contributed by atoms with Crippen molar-refractivity contribution in [2.24, 2.45) is 0 Å². The summed E-state index contributed by atoms with van der Waals surface area (Å²) in [6.07, 6.45) is 1.71. The molecule has 0 aliphatic carbocycles. The highest BCUT2D eigenvalue weighted by molar-refractivity contribution is 6.04. The quantitative estimate of drug-likeness (QED) is 0.778. The highest BCUT2D eigenvalue weighted by Crippen LogP contribution is 2.14. The summed E-state index contributed by atoms with van der Waals surface area (Å²) >= 11 is 0. The van der Waals surface area contributed by atoms with Crippen LogP contribution in [-0.2, 0) is 0 Å². The third-order valence-electron chi connectivity index (χ3n) is 2.96. The highest BCUT2D eigenvalue weighted by Gasteiger charge is 2.10. The van der Waals surface area contributed by atoms with Crippen LogP contribution in [0.5, 0.6) is 0 Å². The molecule has 1 amide bonds. The van der Waals surface area contributed by atoms with Crippen LogP contribution in [-0.4, -0.2) is 20.5 Å². The van der Waals surface area contributed by atoms with Gasteiger partial charge in [0, 0.05) is 11.8 Å². The number of pyridine rings is 1. The van der Waals surface area contributed by atoms with Gasteiger partial charge < -0.3 is 5.32 Å². The lowest BCUT2D eigenvalue weighted by Crippen LogP contribution is -2.13. The smallest absolute Gasteiger partial charge is 0.255 e. The molecule has 1 N–H and O–H groups in total. The number of carbonyl (C=O) groups excluding carboxylic acids is 1. The first-order valence-corrected chi connectivity index (χ1v) is 6.02. The van der Waals surface area contributed by atoms with Gasteiger partial charge in [-0.3, -0.25) is 9.20 Å². The molecule has 3 rings (SSSR count). The molecular formula is C14H11FN4O. The monoisotopic (exact) mass is 270 g/mol. The zero-order valence-electron chi connectivity index (χ0n) is 10.7. The average molecular weight is 270 g/mol. The summed E-state index contributed by atoms with van der Waals surface area (Å²) in [5.74, 6) is -0.125. The molecule has 0 radical (unpaired) electrons. The van der Waals surface area contributed by atoms with Crippen molar-refractivity contribution >= 4 is 17.2 Å². The molecule has 2 aromatic heterocycles. The molecule has 2 heterocycles. The number of hydrogen-bond donors (Lipinski definition) is 1. The molecule has 1 aromatic carbocycles. The second-order valence-electron chi connectivity index (χ2n) is 4.32. The van der Waals surface area contributed by atoms with Gasteiger partial charge in [0.05, 0.1) is 5.69 Å². The summed E-state index contributed by atoms with van der Waals surface area (Å²) in [6.45, 7) is 1.82. The van der Waals surface area contributed by atoms with Crippen LogP contribution in [0.1, 0.15) is 16.2 Å². The van der Waals surface area contributed by atoms with Crippen molar-refractivity contribution in [1.29, 1.82) is 0 Å². The van der Waals surface area contributed by atoms with Gasteiger partial charge in [-0.2, -0.15) is 0 Å². The zero-order valence-corrected chi connectivity index (χ0v) is 10.7. The molecule has 0 fully saturated rings. The number of anilines is 1. The van der Waals surface area contributed by atoms with E-state index < -0.39 is 11.7 Å². The second-order valence-corrected chi connectivity index (χ2v) is 4.32. The van der Waals surface area contributed by atoms with Crippen molar-refractivity contribution in [2.45, 2.75) is 6.92 Å². The van der Waals surface area contributed by atoms with E-state index in [-0.39, 0.29) is 5.69 Å². The summed E-state index contributed by atoms with van der Waals surface area (Å²) in [5.41, 5.74) is 1.12. The van der Waals surface area contributed by atoms with Crippen LogP contribution >= 0.6 is 0 Å². The minimum atomic E-state index is -0.472. The first-order valence-electron chi connectivity index (χ1n) is 6.02. The number of amides is 1. The molecule has 0 atom stereocenters. The highest BCUT2D eigenvalue weighted by atomic mass is 19.1. The number of hydrogen-bond acceptors (Lipinski definition) is 3. The minimum Gasteiger partial charge on any atom is -0.319 e. The van der Waals surface area contributed by atoms with E-state index in [1.165, 1.54) is 12.1 Å². The fourth-order valence-corrected chi connectivity index (χ4v) is 1.91. The minimum absolute atomic E-state index is 0.148. The van der Waals surface area contributed by atoms with E-state index in [0.717, 1.165) is 5.82 Å². The van der Waals surface area contributed by atoms with Crippen molar-refractivity contribution in [3.8, 4) is 0 Å². The Balaban J connectivity index is 1.91. The van der Waals surface area contributed by atoms with Crippen LogP contribution in [0.25, 0.3) is 5.65 Å². The fourth-order valence-electron chi connectivity index (χ4n) is 1.91. The molecule has 0 saturated carbocycles.